The number of anilines is 1. The quantitative estimate of drug-likeness (QED) is 0.646. The Morgan fingerprint density at radius 3 is 2.90 bits per heavy atom. The summed E-state index contributed by atoms with van der Waals surface area (Å²) in [5.74, 6) is 7.27. The van der Waals surface area contributed by atoms with Crippen LogP contribution in [0.15, 0.2) is 16.7 Å². The van der Waals surface area contributed by atoms with Crippen molar-refractivity contribution >= 4 is 27.7 Å². The number of nitrogens with one attached hydrogen (secondary N) is 1. The zero-order chi connectivity index (χ0) is 15.4. The van der Waals surface area contributed by atoms with Crippen molar-refractivity contribution < 1.29 is 4.79 Å². The number of hydrogen-bond donors (Lipinski definition) is 2. The van der Waals surface area contributed by atoms with Crippen LogP contribution in [0.1, 0.15) is 43.5 Å². The van der Waals surface area contributed by atoms with Gasteiger partial charge in [-0.05, 0) is 53.1 Å². The molecule has 5 nitrogen and oxygen atoms in total. The molecular formula is C15H23BrN4O. The molecule has 1 unspecified atom stereocenters. The van der Waals surface area contributed by atoms with Crippen molar-refractivity contribution in [1.82, 2.24) is 9.88 Å². The molecule has 0 spiro atoms. The van der Waals surface area contributed by atoms with Gasteiger partial charge in [0.15, 0.2) is 5.82 Å². The van der Waals surface area contributed by atoms with Gasteiger partial charge in [0.25, 0.3) is 5.91 Å². The van der Waals surface area contributed by atoms with E-state index in [1.165, 1.54) is 6.42 Å². The van der Waals surface area contributed by atoms with Crippen LogP contribution in [0.4, 0.5) is 5.82 Å². The summed E-state index contributed by atoms with van der Waals surface area (Å²) in [6, 6.07) is 1.77. The molecule has 21 heavy (non-hydrogen) atoms. The first-order valence-corrected chi connectivity index (χ1v) is 8.23. The first-order valence-electron chi connectivity index (χ1n) is 7.44. The third kappa shape index (κ3) is 3.95. The monoisotopic (exact) mass is 354 g/mol. The summed E-state index contributed by atoms with van der Waals surface area (Å²) in [6.45, 7) is 6.13. The number of pyridine rings is 1. The lowest BCUT2D eigenvalue weighted by Gasteiger charge is -2.22. The van der Waals surface area contributed by atoms with E-state index in [0.717, 1.165) is 30.4 Å². The Labute approximate surface area is 134 Å². The fourth-order valence-corrected chi connectivity index (χ4v) is 3.21. The third-order valence-electron chi connectivity index (χ3n) is 4.22. The van der Waals surface area contributed by atoms with Gasteiger partial charge in [-0.1, -0.05) is 13.8 Å². The Bertz CT molecular complexity index is 506. The molecule has 0 aromatic carbocycles. The number of nitrogen functional groups attached to an aromatic ring is 1. The summed E-state index contributed by atoms with van der Waals surface area (Å²) in [7, 11) is 0. The minimum absolute atomic E-state index is 0.00107. The highest BCUT2D eigenvalue weighted by atomic mass is 79.9. The van der Waals surface area contributed by atoms with Gasteiger partial charge >= 0.3 is 0 Å². The second-order valence-corrected chi connectivity index (χ2v) is 6.84. The van der Waals surface area contributed by atoms with Crippen LogP contribution in [0.2, 0.25) is 0 Å². The van der Waals surface area contributed by atoms with Crippen molar-refractivity contribution in [3.05, 3.63) is 22.3 Å². The molecular weight excluding hydrogens is 332 g/mol. The fourth-order valence-electron chi connectivity index (χ4n) is 2.88. The summed E-state index contributed by atoms with van der Waals surface area (Å²) in [4.78, 5) is 18.8. The number of carbonyl (C=O) groups excluding carboxylic acids is 1. The second kappa shape index (κ2) is 7.22. The van der Waals surface area contributed by atoms with Gasteiger partial charge < -0.3 is 10.3 Å². The van der Waals surface area contributed by atoms with Crippen LogP contribution < -0.4 is 11.3 Å². The van der Waals surface area contributed by atoms with Gasteiger partial charge in [0.1, 0.15) is 0 Å². The van der Waals surface area contributed by atoms with Crippen LogP contribution in [-0.2, 0) is 0 Å². The molecule has 2 heterocycles. The van der Waals surface area contributed by atoms with E-state index in [0.29, 0.717) is 23.2 Å². The predicted octanol–water partition coefficient (Wildman–Crippen LogP) is 3.03. The fraction of sp³-hybridized carbons (Fsp3) is 0.600. The smallest absolute Gasteiger partial charge is 0.257 e. The first kappa shape index (κ1) is 16.2. The Morgan fingerprint density at radius 1 is 1.48 bits per heavy atom. The van der Waals surface area contributed by atoms with E-state index in [1.54, 1.807) is 12.3 Å². The molecule has 1 aromatic heterocycles. The van der Waals surface area contributed by atoms with Crippen LogP contribution in [0.3, 0.4) is 0 Å². The van der Waals surface area contributed by atoms with Crippen LogP contribution in [0.5, 0.6) is 0 Å². The second-order valence-electron chi connectivity index (χ2n) is 5.92. The van der Waals surface area contributed by atoms with Crippen molar-refractivity contribution in [2.24, 2.45) is 17.7 Å². The van der Waals surface area contributed by atoms with Crippen molar-refractivity contribution in [3.63, 3.8) is 0 Å². The van der Waals surface area contributed by atoms with E-state index < -0.39 is 0 Å². The third-order valence-corrected chi connectivity index (χ3v) is 4.66. The molecule has 0 bridgehead atoms. The molecule has 0 radical (unpaired) electrons. The predicted molar refractivity (Wildman–Crippen MR) is 87.8 cm³/mol. The van der Waals surface area contributed by atoms with Crippen molar-refractivity contribution in [3.8, 4) is 0 Å². The molecule has 1 aliphatic rings. The SMILES string of the molecule is CC(C)C1CCCN(C(=O)c2cc(Br)cnc2NN)CC1. The average Bonchev–Trinajstić information content (AvgIpc) is 2.72. The number of aromatic nitrogens is 1. The highest BCUT2D eigenvalue weighted by Gasteiger charge is 2.25. The summed E-state index contributed by atoms with van der Waals surface area (Å²) in [6.07, 6.45) is 4.95. The largest absolute Gasteiger partial charge is 0.339 e. The molecule has 1 aromatic rings. The number of halogens is 1. The van der Waals surface area contributed by atoms with Gasteiger partial charge in [0.2, 0.25) is 0 Å². The summed E-state index contributed by atoms with van der Waals surface area (Å²) in [5.41, 5.74) is 3.03. The van der Waals surface area contributed by atoms with Crippen LogP contribution in [0.25, 0.3) is 0 Å². The lowest BCUT2D eigenvalue weighted by molar-refractivity contribution is 0.0759. The zero-order valence-electron chi connectivity index (χ0n) is 12.6. The van der Waals surface area contributed by atoms with E-state index in [-0.39, 0.29) is 5.91 Å². The minimum Gasteiger partial charge on any atom is -0.339 e. The van der Waals surface area contributed by atoms with Gasteiger partial charge in [-0.3, -0.25) is 4.79 Å². The Morgan fingerprint density at radius 2 is 2.24 bits per heavy atom. The van der Waals surface area contributed by atoms with Crippen molar-refractivity contribution in [1.29, 1.82) is 0 Å². The topological polar surface area (TPSA) is 71.2 Å². The van der Waals surface area contributed by atoms with Crippen LogP contribution in [-0.4, -0.2) is 28.9 Å². The van der Waals surface area contributed by atoms with Crippen molar-refractivity contribution in [2.75, 3.05) is 18.5 Å². The van der Waals surface area contributed by atoms with Gasteiger partial charge in [-0.25, -0.2) is 10.8 Å². The number of rotatable bonds is 3. The highest BCUT2D eigenvalue weighted by Crippen LogP contribution is 2.26. The highest BCUT2D eigenvalue weighted by molar-refractivity contribution is 9.10. The summed E-state index contributed by atoms with van der Waals surface area (Å²) >= 11 is 3.36. The Hall–Kier alpha value is -1.14. The molecule has 2 rings (SSSR count). The number of carbonyl (C=O) groups is 1. The lowest BCUT2D eigenvalue weighted by Crippen LogP contribution is -2.33. The van der Waals surface area contributed by atoms with Gasteiger partial charge in [-0.2, -0.15) is 0 Å². The van der Waals surface area contributed by atoms with Crippen LogP contribution >= 0.6 is 15.9 Å². The molecule has 1 amide bonds. The maximum atomic E-state index is 12.7. The number of hydrogen-bond acceptors (Lipinski definition) is 4. The maximum Gasteiger partial charge on any atom is 0.257 e. The molecule has 116 valence electrons. The molecule has 3 N–H and O–H groups in total. The number of hydrazine groups is 1. The van der Waals surface area contributed by atoms with Gasteiger partial charge in [-0.15, -0.1) is 0 Å². The van der Waals surface area contributed by atoms with E-state index in [2.05, 4.69) is 40.2 Å². The molecule has 0 aliphatic carbocycles. The molecule has 6 heteroatoms. The average molecular weight is 355 g/mol. The normalized spacial score (nSPS) is 19.5. The standard InChI is InChI=1S/C15H23BrN4O/c1-10(2)11-4-3-6-20(7-5-11)15(21)13-8-12(16)9-18-14(13)19-17/h8-11H,3-7,17H2,1-2H3,(H,18,19). The molecule has 1 atom stereocenters. The van der Waals surface area contributed by atoms with E-state index in [9.17, 15) is 4.79 Å². The zero-order valence-corrected chi connectivity index (χ0v) is 14.2. The van der Waals surface area contributed by atoms with E-state index >= 15 is 0 Å². The number of likely N-dealkylation sites (tertiary alicyclic amines) is 1. The Kier molecular flexibility index (Phi) is 5.58. The molecule has 1 aliphatic heterocycles. The van der Waals surface area contributed by atoms with Crippen molar-refractivity contribution in [2.45, 2.75) is 33.1 Å². The van der Waals surface area contributed by atoms with Gasteiger partial charge in [0.05, 0.1) is 5.56 Å². The van der Waals surface area contributed by atoms with E-state index in [4.69, 9.17) is 5.84 Å². The molecule has 1 fully saturated rings. The summed E-state index contributed by atoms with van der Waals surface area (Å²) in [5, 5.41) is 0. The molecule has 1 saturated heterocycles. The minimum atomic E-state index is 0.00107. The lowest BCUT2D eigenvalue weighted by atomic mass is 9.89. The van der Waals surface area contributed by atoms with E-state index in [1.807, 2.05) is 4.90 Å². The summed E-state index contributed by atoms with van der Waals surface area (Å²) < 4.78 is 0.778. The number of nitrogens with zero attached hydrogens (tertiary/aromatic N) is 2. The van der Waals surface area contributed by atoms with Gasteiger partial charge in [0, 0.05) is 23.8 Å². The molecule has 0 saturated carbocycles. The Balaban J connectivity index is 2.15. The number of nitrogens with two attached hydrogens (primary N) is 1. The maximum absolute atomic E-state index is 12.7. The number of amides is 1. The first-order chi connectivity index (χ1) is 10.0. The van der Waals surface area contributed by atoms with Crippen LogP contribution in [0, 0.1) is 11.8 Å².